The van der Waals surface area contributed by atoms with Gasteiger partial charge < -0.3 is 14.8 Å². The van der Waals surface area contributed by atoms with Crippen molar-refractivity contribution in [2.45, 2.75) is 59.3 Å². The molecular formula is C33H36FNO4. The number of benzene rings is 3. The maximum Gasteiger partial charge on any atom is 0.407 e. The Hall–Kier alpha value is -4.19. The average Bonchev–Trinajstić information content (AvgIpc) is 2.85. The lowest BCUT2D eigenvalue weighted by atomic mass is 9.86. The molecule has 0 unspecified atom stereocenters. The van der Waals surface area contributed by atoms with E-state index in [4.69, 9.17) is 9.47 Å². The maximum absolute atomic E-state index is 15.4. The largest absolute Gasteiger partial charge is 0.457 e. The van der Waals surface area contributed by atoms with Gasteiger partial charge in [0.1, 0.15) is 17.0 Å². The first-order valence-electron chi connectivity index (χ1n) is 12.8. The van der Waals surface area contributed by atoms with Crippen molar-refractivity contribution in [2.24, 2.45) is 0 Å². The molecule has 0 atom stereocenters. The van der Waals surface area contributed by atoms with Crippen molar-refractivity contribution in [3.8, 4) is 0 Å². The predicted molar refractivity (Wildman–Crippen MR) is 153 cm³/mol. The highest BCUT2D eigenvalue weighted by Gasteiger charge is 2.21. The Morgan fingerprint density at radius 1 is 0.744 bits per heavy atom. The lowest BCUT2D eigenvalue weighted by molar-refractivity contribution is -0.148. The van der Waals surface area contributed by atoms with Gasteiger partial charge in [-0.3, -0.25) is 0 Å². The normalized spacial score (nSPS) is 12.6. The zero-order valence-corrected chi connectivity index (χ0v) is 23.4. The highest BCUT2D eigenvalue weighted by atomic mass is 19.1. The van der Waals surface area contributed by atoms with Crippen LogP contribution in [0, 0.1) is 5.82 Å². The molecule has 0 aliphatic rings. The zero-order valence-electron chi connectivity index (χ0n) is 23.4. The summed E-state index contributed by atoms with van der Waals surface area (Å²) in [5, 5.41) is 2.68. The van der Waals surface area contributed by atoms with Gasteiger partial charge in [-0.1, -0.05) is 72.8 Å². The van der Waals surface area contributed by atoms with E-state index in [9.17, 15) is 9.59 Å². The molecule has 0 saturated carbocycles. The molecule has 0 radical (unpaired) electrons. The van der Waals surface area contributed by atoms with Crippen LogP contribution in [0.4, 0.5) is 9.18 Å². The van der Waals surface area contributed by atoms with Crippen LogP contribution in [0.1, 0.15) is 63.8 Å². The lowest BCUT2D eigenvalue weighted by Gasteiger charge is -2.21. The van der Waals surface area contributed by atoms with Crippen LogP contribution in [0.25, 0.3) is 11.1 Å². The van der Waals surface area contributed by atoms with E-state index in [0.717, 1.165) is 11.1 Å². The Morgan fingerprint density at radius 2 is 1.31 bits per heavy atom. The van der Waals surface area contributed by atoms with E-state index < -0.39 is 29.1 Å². The van der Waals surface area contributed by atoms with Gasteiger partial charge in [0.15, 0.2) is 0 Å². The number of hydrogen-bond acceptors (Lipinski definition) is 4. The highest BCUT2D eigenvalue weighted by Crippen LogP contribution is 2.36. The molecule has 39 heavy (non-hydrogen) atoms. The number of halogens is 1. The van der Waals surface area contributed by atoms with Crippen LogP contribution in [-0.4, -0.2) is 23.3 Å². The number of nitrogens with one attached hydrogen (secondary N) is 1. The first kappa shape index (κ1) is 29.4. The first-order valence-corrected chi connectivity index (χ1v) is 12.8. The Labute approximate surface area is 230 Å². The third kappa shape index (κ3) is 8.95. The molecule has 1 amide bonds. The van der Waals surface area contributed by atoms with Crippen LogP contribution in [-0.2, 0) is 20.8 Å². The van der Waals surface area contributed by atoms with Crippen molar-refractivity contribution in [1.29, 1.82) is 0 Å². The van der Waals surface area contributed by atoms with E-state index in [1.807, 2.05) is 66.7 Å². The third-order valence-corrected chi connectivity index (χ3v) is 5.41. The molecule has 5 nitrogen and oxygen atoms in total. The van der Waals surface area contributed by atoms with Crippen LogP contribution in [0.3, 0.4) is 0 Å². The number of carbonyl (C=O) groups is 2. The molecule has 0 aromatic heterocycles. The fourth-order valence-electron chi connectivity index (χ4n) is 3.94. The van der Waals surface area contributed by atoms with Gasteiger partial charge in [0.05, 0.1) is 0 Å². The Bertz CT molecular complexity index is 1350. The van der Waals surface area contributed by atoms with Crippen molar-refractivity contribution in [3.63, 3.8) is 0 Å². The van der Waals surface area contributed by atoms with Crippen LogP contribution >= 0.6 is 0 Å². The van der Waals surface area contributed by atoms with E-state index >= 15 is 4.39 Å². The van der Waals surface area contributed by atoms with Crippen LogP contribution in [0.5, 0.6) is 0 Å². The lowest BCUT2D eigenvalue weighted by Crippen LogP contribution is -2.32. The molecule has 204 valence electrons. The van der Waals surface area contributed by atoms with Gasteiger partial charge >= 0.3 is 12.1 Å². The Morgan fingerprint density at radius 3 is 1.87 bits per heavy atom. The second-order valence-corrected chi connectivity index (χ2v) is 11.0. The molecule has 0 aliphatic heterocycles. The zero-order chi connectivity index (χ0) is 28.6. The number of hydrogen-bond donors (Lipinski definition) is 1. The summed E-state index contributed by atoms with van der Waals surface area (Å²) < 4.78 is 26.2. The number of esters is 1. The van der Waals surface area contributed by atoms with Gasteiger partial charge in [-0.05, 0) is 81.5 Å². The second-order valence-electron chi connectivity index (χ2n) is 11.0. The van der Waals surface area contributed by atoms with Crippen LogP contribution < -0.4 is 5.32 Å². The number of alkyl carbamates (subject to hydrolysis) is 1. The number of amides is 1. The molecule has 6 heteroatoms. The number of carbonyl (C=O) groups excluding carboxylic acids is 2. The molecule has 0 aliphatic carbocycles. The molecule has 0 bridgehead atoms. The monoisotopic (exact) mass is 529 g/mol. The van der Waals surface area contributed by atoms with Crippen molar-refractivity contribution in [3.05, 3.63) is 119 Å². The topological polar surface area (TPSA) is 64.6 Å². The Kier molecular flexibility index (Phi) is 9.47. The molecule has 3 rings (SSSR count). The van der Waals surface area contributed by atoms with Gasteiger partial charge in [0.25, 0.3) is 0 Å². The van der Waals surface area contributed by atoms with Crippen molar-refractivity contribution in [2.75, 3.05) is 0 Å². The maximum atomic E-state index is 15.4. The highest BCUT2D eigenvalue weighted by molar-refractivity contribution is 6.04. The average molecular weight is 530 g/mol. The van der Waals surface area contributed by atoms with E-state index in [1.54, 1.807) is 53.7 Å². The van der Waals surface area contributed by atoms with E-state index in [2.05, 4.69) is 5.32 Å². The molecule has 0 heterocycles. The van der Waals surface area contributed by atoms with Crippen molar-refractivity contribution >= 4 is 23.2 Å². The van der Waals surface area contributed by atoms with Crippen LogP contribution in [0.15, 0.2) is 91.0 Å². The summed E-state index contributed by atoms with van der Waals surface area (Å²) in [6.07, 6.45) is 2.44. The van der Waals surface area contributed by atoms with Crippen molar-refractivity contribution in [1.82, 2.24) is 5.32 Å². The fraction of sp³-hybridized carbons (Fsp3) is 0.273. The van der Waals surface area contributed by atoms with E-state index in [1.165, 1.54) is 12.1 Å². The fourth-order valence-corrected chi connectivity index (χ4v) is 3.94. The number of allylic oxidation sites excluding steroid dienone is 2. The number of ether oxygens (including phenoxy) is 2. The summed E-state index contributed by atoms with van der Waals surface area (Å²) in [6, 6.07) is 23.9. The predicted octanol–water partition coefficient (Wildman–Crippen LogP) is 7.71. The van der Waals surface area contributed by atoms with Crippen molar-refractivity contribution < 1.29 is 23.5 Å². The minimum absolute atomic E-state index is 0.0922. The third-order valence-electron chi connectivity index (χ3n) is 5.41. The molecule has 0 saturated heterocycles. The summed E-state index contributed by atoms with van der Waals surface area (Å²) in [4.78, 5) is 25.1. The SMILES string of the molecule is CC(C)(C)OC(=O)/C=C/C(=C(/c1ccccc1)c1cccc(F)c1CNC(=O)OC(C)(C)C)c1ccccc1. The minimum atomic E-state index is -0.690. The quantitative estimate of drug-likeness (QED) is 0.147. The standard InChI is InChI=1S/C33H36FNO4/c1-32(2,3)38-29(36)21-20-25(23-14-9-7-10-15-23)30(24-16-11-8-12-17-24)26-18-13-19-28(34)27(26)22-35-31(37)39-33(4,5)6/h7-21H,22H2,1-6H3,(H,35,37)/b21-20+,30-25+. The Balaban J connectivity index is 2.23. The second kappa shape index (κ2) is 12.6. The smallest absolute Gasteiger partial charge is 0.407 e. The summed E-state index contributed by atoms with van der Waals surface area (Å²) in [6.45, 7) is 10.6. The van der Waals surface area contributed by atoms with Gasteiger partial charge in [-0.15, -0.1) is 0 Å². The van der Waals surface area contributed by atoms with Gasteiger partial charge in [0.2, 0.25) is 0 Å². The molecule has 3 aromatic rings. The van der Waals surface area contributed by atoms with Gasteiger partial charge in [0, 0.05) is 18.2 Å². The van der Waals surface area contributed by atoms with E-state index in [-0.39, 0.29) is 6.54 Å². The van der Waals surface area contributed by atoms with E-state index in [0.29, 0.717) is 22.3 Å². The summed E-state index contributed by atoms with van der Waals surface area (Å²) in [5.41, 5.74) is 2.55. The first-order chi connectivity index (χ1) is 18.3. The number of rotatable bonds is 7. The molecule has 1 N–H and O–H groups in total. The summed E-state index contributed by atoms with van der Waals surface area (Å²) in [7, 11) is 0. The molecular weight excluding hydrogens is 493 g/mol. The molecule has 0 fully saturated rings. The minimum Gasteiger partial charge on any atom is -0.457 e. The van der Waals surface area contributed by atoms with Gasteiger partial charge in [-0.25, -0.2) is 14.0 Å². The molecule has 0 spiro atoms. The summed E-state index contributed by atoms with van der Waals surface area (Å²) in [5.74, 6) is -0.963. The molecule has 3 aromatic carbocycles. The summed E-state index contributed by atoms with van der Waals surface area (Å²) >= 11 is 0. The van der Waals surface area contributed by atoms with Crippen LogP contribution in [0.2, 0.25) is 0 Å². The van der Waals surface area contributed by atoms with Gasteiger partial charge in [-0.2, -0.15) is 0 Å².